The second kappa shape index (κ2) is 18.0. The van der Waals surface area contributed by atoms with Gasteiger partial charge in [0.1, 0.15) is 36.5 Å². The van der Waals surface area contributed by atoms with E-state index in [0.29, 0.717) is 30.5 Å². The number of allylic oxidation sites excluding steroid dienone is 8. The Balaban J connectivity index is 1.35. The van der Waals surface area contributed by atoms with Crippen molar-refractivity contribution in [1.29, 1.82) is 0 Å². The Morgan fingerprint density at radius 1 is 0.759 bits per heavy atom. The number of aromatic amines is 1. The lowest BCUT2D eigenvalue weighted by atomic mass is 9.79. The SMILES string of the molecule is C/C=C/[C@H](O)C(C)(C)[C@@H]1C/C=C\[C@H]2O[C@H]2/C=C/C=C\c2nc(co2)C(=O)O[C@H](C(C)(C)[C@@H](O)/C=C/C)C/C=C\C2C[C@@H]2/C=C/C=C\c2nc(c[nH]2)C(=O)O1. The third-order valence-electron chi connectivity index (χ3n) is 10.2. The van der Waals surface area contributed by atoms with Crippen molar-refractivity contribution >= 4 is 24.1 Å². The van der Waals surface area contributed by atoms with Crippen molar-refractivity contribution in [2.45, 2.75) is 97.4 Å². The highest BCUT2D eigenvalue weighted by Crippen LogP contribution is 2.41. The first-order chi connectivity index (χ1) is 25.8. The summed E-state index contributed by atoms with van der Waals surface area (Å²) in [6.07, 6.45) is 30.9. The molecule has 2 fully saturated rings. The van der Waals surface area contributed by atoms with Gasteiger partial charge < -0.3 is 33.8 Å². The molecule has 11 nitrogen and oxygen atoms in total. The fraction of sp³-hybridized carbons (Fsp3) is 0.442. The van der Waals surface area contributed by atoms with E-state index in [9.17, 15) is 19.8 Å². The number of aromatic nitrogens is 3. The van der Waals surface area contributed by atoms with Crippen LogP contribution in [0.5, 0.6) is 0 Å². The normalized spacial score (nSPS) is 30.5. The van der Waals surface area contributed by atoms with Crippen molar-refractivity contribution in [1.82, 2.24) is 15.0 Å². The van der Waals surface area contributed by atoms with E-state index in [2.05, 4.69) is 27.1 Å². The van der Waals surface area contributed by atoms with E-state index in [1.807, 2.05) is 84.1 Å². The molecule has 0 amide bonds. The van der Waals surface area contributed by atoms with Crippen LogP contribution in [0.3, 0.4) is 0 Å². The highest BCUT2D eigenvalue weighted by Gasteiger charge is 2.40. The first-order valence-corrected chi connectivity index (χ1v) is 18.6. The molecule has 2 aliphatic heterocycles. The Bertz CT molecular complexity index is 1700. The van der Waals surface area contributed by atoms with Crippen LogP contribution in [0.15, 0.2) is 102 Å². The first kappa shape index (κ1) is 40.3. The summed E-state index contributed by atoms with van der Waals surface area (Å²) in [4.78, 5) is 38.3. The second-order valence-electron chi connectivity index (χ2n) is 15.1. The number of H-pyrrole nitrogens is 1. The van der Waals surface area contributed by atoms with Gasteiger partial charge in [-0.2, -0.15) is 0 Å². The molecule has 5 rings (SSSR count). The van der Waals surface area contributed by atoms with Gasteiger partial charge in [0.05, 0.1) is 12.2 Å². The Kier molecular flexibility index (Phi) is 13.4. The minimum absolute atomic E-state index is 0.0379. The lowest BCUT2D eigenvalue weighted by molar-refractivity contribution is -0.0461. The zero-order valence-corrected chi connectivity index (χ0v) is 31.9. The number of hydrogen-bond donors (Lipinski definition) is 3. The number of ether oxygens (including phenoxy) is 3. The van der Waals surface area contributed by atoms with Crippen LogP contribution in [0.2, 0.25) is 0 Å². The fourth-order valence-electron chi connectivity index (χ4n) is 6.12. The van der Waals surface area contributed by atoms with Crippen LogP contribution < -0.4 is 0 Å². The molecule has 4 heterocycles. The number of esters is 2. The highest BCUT2D eigenvalue weighted by molar-refractivity contribution is 5.88. The molecule has 2 aromatic rings. The number of hydrogen-bond acceptors (Lipinski definition) is 10. The van der Waals surface area contributed by atoms with Crippen molar-refractivity contribution in [3.05, 3.63) is 121 Å². The molecule has 3 aliphatic rings. The summed E-state index contributed by atoms with van der Waals surface area (Å²) in [5.41, 5.74) is -1.41. The molecule has 2 aromatic heterocycles. The van der Waals surface area contributed by atoms with Crippen molar-refractivity contribution in [3.8, 4) is 0 Å². The topological polar surface area (TPSA) is 160 Å². The summed E-state index contributed by atoms with van der Waals surface area (Å²) in [5, 5.41) is 21.8. The molecule has 8 atom stereocenters. The van der Waals surface area contributed by atoms with E-state index in [1.54, 1.807) is 42.5 Å². The lowest BCUT2D eigenvalue weighted by Gasteiger charge is -2.36. The summed E-state index contributed by atoms with van der Waals surface area (Å²) in [5.74, 6) is 0.229. The number of nitrogens with zero attached hydrogens (tertiary/aromatic N) is 2. The van der Waals surface area contributed by atoms with Gasteiger partial charge in [-0.15, -0.1) is 0 Å². The van der Waals surface area contributed by atoms with Crippen LogP contribution in [-0.2, 0) is 14.2 Å². The van der Waals surface area contributed by atoms with E-state index in [0.717, 1.165) is 6.42 Å². The van der Waals surface area contributed by atoms with Gasteiger partial charge in [-0.3, -0.25) is 0 Å². The minimum atomic E-state index is -0.848. The monoisotopic (exact) mass is 739 g/mol. The van der Waals surface area contributed by atoms with E-state index in [-0.39, 0.29) is 29.5 Å². The third kappa shape index (κ3) is 10.6. The average molecular weight is 740 g/mol. The van der Waals surface area contributed by atoms with Gasteiger partial charge in [0.2, 0.25) is 5.89 Å². The summed E-state index contributed by atoms with van der Waals surface area (Å²) in [6.45, 7) is 11.1. The molecule has 54 heavy (non-hydrogen) atoms. The number of fused-ring (bicyclic) bond motifs is 6. The number of oxazole rings is 1. The molecule has 0 radical (unpaired) electrons. The smallest absolute Gasteiger partial charge is 0.360 e. The van der Waals surface area contributed by atoms with Crippen LogP contribution >= 0.6 is 0 Å². The molecular weight excluding hydrogens is 686 g/mol. The number of aliphatic hydroxyl groups is 2. The molecule has 1 unspecified atom stereocenters. The number of cyclic esters (lactones) is 2. The molecule has 1 saturated heterocycles. The van der Waals surface area contributed by atoms with Crippen LogP contribution in [0, 0.1) is 22.7 Å². The molecule has 3 N–H and O–H groups in total. The Labute approximate surface area is 317 Å². The number of aliphatic hydroxyl groups excluding tert-OH is 2. The number of rotatable bonds is 6. The van der Waals surface area contributed by atoms with Gasteiger partial charge in [-0.25, -0.2) is 19.6 Å². The lowest BCUT2D eigenvalue weighted by Crippen LogP contribution is -2.42. The summed E-state index contributed by atoms with van der Waals surface area (Å²) < 4.78 is 23.2. The summed E-state index contributed by atoms with van der Waals surface area (Å²) >= 11 is 0. The number of imidazole rings is 1. The van der Waals surface area contributed by atoms with Gasteiger partial charge in [0, 0.05) is 35.9 Å². The third-order valence-corrected chi connectivity index (χ3v) is 10.2. The predicted octanol–water partition coefficient (Wildman–Crippen LogP) is 7.52. The molecule has 11 heteroatoms. The summed E-state index contributed by atoms with van der Waals surface area (Å²) in [7, 11) is 0. The van der Waals surface area contributed by atoms with Crippen molar-refractivity contribution in [2.75, 3.05) is 0 Å². The maximum Gasteiger partial charge on any atom is 0.360 e. The van der Waals surface area contributed by atoms with Gasteiger partial charge >= 0.3 is 11.9 Å². The largest absolute Gasteiger partial charge is 0.457 e. The predicted molar refractivity (Wildman–Crippen MR) is 207 cm³/mol. The highest BCUT2D eigenvalue weighted by atomic mass is 16.6. The van der Waals surface area contributed by atoms with Crippen molar-refractivity contribution in [2.24, 2.45) is 22.7 Å². The Morgan fingerprint density at radius 2 is 1.33 bits per heavy atom. The molecule has 4 bridgehead atoms. The standard InChI is InChI=1S/C43H53N3O8/c1-7-15-34(47)42(3,4)36-21-13-18-29-25-28(29)17-9-11-23-38-44-26-30(45-38)40(49)53-37(43(5,6)35(48)16-8-2)22-14-20-33-32(52-33)19-10-12-24-39-46-31(27-51-39)41(50)54-36/h7-20,23-24,26-29,32-37,47-48H,21-22,25H2,1-6H3,(H,44,45)/b15-7+,16-8+,17-9+,18-13-,19-10+,20-14-,23-11-,24-12-/t28-,29?,32-,33+,34-,35-,36-,37-/m0/s1. The van der Waals surface area contributed by atoms with Crippen LogP contribution in [-0.4, -0.2) is 73.7 Å². The molecule has 288 valence electrons. The molecule has 1 saturated carbocycles. The van der Waals surface area contributed by atoms with Crippen LogP contribution in [0.4, 0.5) is 0 Å². The second-order valence-corrected chi connectivity index (χ2v) is 15.1. The van der Waals surface area contributed by atoms with E-state index >= 15 is 0 Å². The van der Waals surface area contributed by atoms with Gasteiger partial charge in [0.15, 0.2) is 11.4 Å². The van der Waals surface area contributed by atoms with Crippen LogP contribution in [0.25, 0.3) is 12.2 Å². The van der Waals surface area contributed by atoms with Gasteiger partial charge in [-0.1, -0.05) is 113 Å². The van der Waals surface area contributed by atoms with Crippen LogP contribution in [0.1, 0.15) is 93.5 Å². The van der Waals surface area contributed by atoms with E-state index < -0.39 is 47.2 Å². The zero-order valence-electron chi connectivity index (χ0n) is 31.9. The molecule has 0 spiro atoms. The van der Waals surface area contributed by atoms with Gasteiger partial charge in [-0.05, 0) is 38.2 Å². The first-order valence-electron chi connectivity index (χ1n) is 18.6. The number of carbonyl (C=O) groups excluding carboxylic acids is 2. The van der Waals surface area contributed by atoms with E-state index in [4.69, 9.17) is 18.6 Å². The molecule has 1 aliphatic carbocycles. The zero-order chi connectivity index (χ0) is 38.9. The number of carbonyl (C=O) groups is 2. The molecule has 0 aromatic carbocycles. The van der Waals surface area contributed by atoms with Gasteiger partial charge in [0.25, 0.3) is 0 Å². The minimum Gasteiger partial charge on any atom is -0.457 e. The van der Waals surface area contributed by atoms with Crippen molar-refractivity contribution < 1.29 is 38.4 Å². The Hall–Kier alpha value is -4.84. The van der Waals surface area contributed by atoms with E-state index in [1.165, 1.54) is 12.5 Å². The van der Waals surface area contributed by atoms with Crippen molar-refractivity contribution in [3.63, 3.8) is 0 Å². The quantitative estimate of drug-likeness (QED) is 0.154. The fourth-order valence-corrected chi connectivity index (χ4v) is 6.12. The maximum atomic E-state index is 13.3. The number of nitrogens with one attached hydrogen (secondary N) is 1. The number of epoxide rings is 1. The molecular formula is C43H53N3O8. The Morgan fingerprint density at radius 3 is 2.00 bits per heavy atom. The average Bonchev–Trinajstić information content (AvgIpc) is 3.93. The summed E-state index contributed by atoms with van der Waals surface area (Å²) in [6, 6.07) is 0. The maximum absolute atomic E-state index is 13.3.